The van der Waals surface area contributed by atoms with Crippen LogP contribution >= 0.6 is 27.5 Å². The molecule has 1 saturated heterocycles. The van der Waals surface area contributed by atoms with Gasteiger partial charge in [0.1, 0.15) is 5.75 Å². The molecule has 1 heterocycles. The average molecular weight is 305 g/mol. The van der Waals surface area contributed by atoms with Crippen molar-refractivity contribution in [3.63, 3.8) is 0 Å². The van der Waals surface area contributed by atoms with E-state index in [1.165, 1.54) is 0 Å². The lowest BCUT2D eigenvalue weighted by Crippen LogP contribution is -2.25. The normalized spacial score (nSPS) is 20.3. The third-order valence-corrected chi connectivity index (χ3v) is 3.30. The zero-order chi connectivity index (χ0) is 11.7. The molecule has 1 aromatic carbocycles. The Morgan fingerprint density at radius 3 is 2.88 bits per heavy atom. The molecule has 0 N–H and O–H groups in total. The summed E-state index contributed by atoms with van der Waals surface area (Å²) >= 11 is 9.35. The van der Waals surface area contributed by atoms with Crippen LogP contribution in [0.4, 0.5) is 5.69 Å². The minimum atomic E-state index is -0.115. The van der Waals surface area contributed by atoms with Gasteiger partial charge in [0, 0.05) is 17.4 Å². The lowest BCUT2D eigenvalue weighted by atomic mass is 10.2. The average Bonchev–Trinajstić information content (AvgIpc) is 2.57. The fourth-order valence-electron chi connectivity index (χ4n) is 1.77. The van der Waals surface area contributed by atoms with Crippen molar-refractivity contribution in [1.82, 2.24) is 0 Å². The van der Waals surface area contributed by atoms with Crippen molar-refractivity contribution in [3.05, 3.63) is 22.7 Å². The summed E-state index contributed by atoms with van der Waals surface area (Å²) in [6.07, 6.45) is 0.386. The fraction of sp³-hybridized carbons (Fsp3) is 0.364. The van der Waals surface area contributed by atoms with E-state index in [9.17, 15) is 4.79 Å². The Hall–Kier alpha value is -0.740. The summed E-state index contributed by atoms with van der Waals surface area (Å²) in [5.74, 6) is 0.721. The smallest absolute Gasteiger partial charge is 0.228 e. The molecule has 16 heavy (non-hydrogen) atoms. The fourth-order valence-corrected chi connectivity index (χ4v) is 2.39. The highest BCUT2D eigenvalue weighted by Crippen LogP contribution is 2.34. The Morgan fingerprint density at radius 1 is 1.56 bits per heavy atom. The maximum atomic E-state index is 11.7. The number of methoxy groups -OCH3 is 1. The third kappa shape index (κ3) is 2.18. The number of rotatable bonds is 2. The number of ether oxygens (including phenoxy) is 1. The van der Waals surface area contributed by atoms with E-state index in [1.54, 1.807) is 12.0 Å². The number of anilines is 1. The molecule has 86 valence electrons. The van der Waals surface area contributed by atoms with Crippen molar-refractivity contribution in [1.29, 1.82) is 0 Å². The van der Waals surface area contributed by atoms with E-state index in [0.29, 0.717) is 18.7 Å². The van der Waals surface area contributed by atoms with Gasteiger partial charge >= 0.3 is 0 Å². The number of alkyl halides is 1. The maximum Gasteiger partial charge on any atom is 0.228 e. The molecular weight excluding hydrogens is 293 g/mol. The zero-order valence-electron chi connectivity index (χ0n) is 8.74. The molecule has 1 aliphatic rings. The Morgan fingerprint density at radius 2 is 2.31 bits per heavy atom. The monoisotopic (exact) mass is 303 g/mol. The largest absolute Gasteiger partial charge is 0.495 e. The van der Waals surface area contributed by atoms with E-state index in [4.69, 9.17) is 16.3 Å². The highest BCUT2D eigenvalue weighted by atomic mass is 79.9. The van der Waals surface area contributed by atoms with Crippen LogP contribution < -0.4 is 9.64 Å². The molecule has 0 bridgehead atoms. The Labute approximate surface area is 107 Å². The predicted octanol–water partition coefficient (Wildman–Crippen LogP) is 2.80. The van der Waals surface area contributed by atoms with Crippen LogP contribution in [0, 0.1) is 0 Å². The van der Waals surface area contributed by atoms with Crippen LogP contribution in [0.25, 0.3) is 0 Å². The van der Waals surface area contributed by atoms with Gasteiger partial charge in [-0.1, -0.05) is 15.9 Å². The number of nitrogens with zero attached hydrogens (tertiary/aromatic N) is 1. The van der Waals surface area contributed by atoms with Crippen LogP contribution in [0.1, 0.15) is 6.42 Å². The second kappa shape index (κ2) is 4.63. The lowest BCUT2D eigenvalue weighted by Gasteiger charge is -2.19. The molecule has 1 atom stereocenters. The van der Waals surface area contributed by atoms with Gasteiger partial charge < -0.3 is 9.64 Å². The molecule has 1 aromatic rings. The number of hydrogen-bond donors (Lipinski definition) is 0. The van der Waals surface area contributed by atoms with Gasteiger partial charge in [-0.05, 0) is 18.2 Å². The quantitative estimate of drug-likeness (QED) is 0.786. The minimum absolute atomic E-state index is 0.0383. The Balaban J connectivity index is 2.39. The molecule has 0 aromatic heterocycles. The van der Waals surface area contributed by atoms with Gasteiger partial charge in [0.25, 0.3) is 0 Å². The number of carbonyl (C=O) groups excluding carboxylic acids is 1. The van der Waals surface area contributed by atoms with Crippen LogP contribution in [-0.2, 0) is 4.79 Å². The molecule has 0 aliphatic carbocycles. The molecule has 1 aliphatic heterocycles. The van der Waals surface area contributed by atoms with Crippen LogP contribution in [0.2, 0.25) is 0 Å². The molecule has 5 heteroatoms. The van der Waals surface area contributed by atoms with Crippen molar-refractivity contribution in [2.24, 2.45) is 0 Å². The minimum Gasteiger partial charge on any atom is -0.495 e. The Kier molecular flexibility index (Phi) is 3.40. The highest BCUT2D eigenvalue weighted by molar-refractivity contribution is 9.10. The number of hydrogen-bond acceptors (Lipinski definition) is 2. The topological polar surface area (TPSA) is 29.5 Å². The van der Waals surface area contributed by atoms with Crippen molar-refractivity contribution in [2.45, 2.75) is 11.8 Å². The molecule has 0 radical (unpaired) electrons. The molecule has 0 saturated carbocycles. The second-order valence-electron chi connectivity index (χ2n) is 3.62. The first kappa shape index (κ1) is 11.7. The van der Waals surface area contributed by atoms with E-state index >= 15 is 0 Å². The summed E-state index contributed by atoms with van der Waals surface area (Å²) in [4.78, 5) is 13.4. The van der Waals surface area contributed by atoms with Crippen molar-refractivity contribution in [2.75, 3.05) is 18.6 Å². The van der Waals surface area contributed by atoms with E-state index in [2.05, 4.69) is 15.9 Å². The van der Waals surface area contributed by atoms with Gasteiger partial charge in [-0.3, -0.25) is 4.79 Å². The van der Waals surface area contributed by atoms with Gasteiger partial charge in [0.15, 0.2) is 0 Å². The standard InChI is InChI=1S/C11H11BrClNO2/c1-16-10-3-2-7(12)4-9(10)14-6-8(13)5-11(14)15/h2-4,8H,5-6H2,1H3. The van der Waals surface area contributed by atoms with Crippen molar-refractivity contribution >= 4 is 39.1 Å². The lowest BCUT2D eigenvalue weighted by molar-refractivity contribution is -0.117. The summed E-state index contributed by atoms with van der Waals surface area (Å²) in [7, 11) is 1.59. The molecule has 1 amide bonds. The molecule has 1 fully saturated rings. The molecular formula is C11H11BrClNO2. The summed E-state index contributed by atoms with van der Waals surface area (Å²) in [5.41, 5.74) is 0.769. The van der Waals surface area contributed by atoms with Crippen LogP contribution in [0.5, 0.6) is 5.75 Å². The van der Waals surface area contributed by atoms with Gasteiger partial charge in [-0.25, -0.2) is 0 Å². The first-order valence-electron chi connectivity index (χ1n) is 4.90. The highest BCUT2D eigenvalue weighted by Gasteiger charge is 2.30. The number of amides is 1. The first-order chi connectivity index (χ1) is 7.61. The van der Waals surface area contributed by atoms with Crippen molar-refractivity contribution < 1.29 is 9.53 Å². The zero-order valence-corrected chi connectivity index (χ0v) is 11.1. The molecule has 2 rings (SSSR count). The Bertz CT molecular complexity index is 424. The third-order valence-electron chi connectivity index (χ3n) is 2.51. The van der Waals surface area contributed by atoms with E-state index in [0.717, 1.165) is 10.2 Å². The van der Waals surface area contributed by atoms with Crippen LogP contribution in [0.3, 0.4) is 0 Å². The second-order valence-corrected chi connectivity index (χ2v) is 5.15. The van der Waals surface area contributed by atoms with E-state index in [-0.39, 0.29) is 11.3 Å². The number of benzene rings is 1. The van der Waals surface area contributed by atoms with Crippen LogP contribution in [0.15, 0.2) is 22.7 Å². The molecule has 3 nitrogen and oxygen atoms in total. The van der Waals surface area contributed by atoms with E-state index in [1.807, 2.05) is 18.2 Å². The van der Waals surface area contributed by atoms with Gasteiger partial charge in [0.05, 0.1) is 18.2 Å². The predicted molar refractivity (Wildman–Crippen MR) is 67.3 cm³/mol. The molecule has 0 spiro atoms. The summed E-state index contributed by atoms with van der Waals surface area (Å²) in [6.45, 7) is 0.535. The number of halogens is 2. The van der Waals surface area contributed by atoms with Gasteiger partial charge in [-0.15, -0.1) is 11.6 Å². The summed E-state index contributed by atoms with van der Waals surface area (Å²) < 4.78 is 6.15. The van der Waals surface area contributed by atoms with Gasteiger partial charge in [-0.2, -0.15) is 0 Å². The van der Waals surface area contributed by atoms with E-state index < -0.39 is 0 Å². The van der Waals surface area contributed by atoms with Crippen LogP contribution in [-0.4, -0.2) is 24.9 Å². The van der Waals surface area contributed by atoms with Gasteiger partial charge in [0.2, 0.25) is 5.91 Å². The maximum absolute atomic E-state index is 11.7. The number of carbonyl (C=O) groups is 1. The first-order valence-corrected chi connectivity index (χ1v) is 6.12. The summed E-state index contributed by atoms with van der Waals surface area (Å²) in [6, 6.07) is 5.57. The summed E-state index contributed by atoms with van der Waals surface area (Å²) in [5, 5.41) is -0.115. The SMILES string of the molecule is COc1ccc(Br)cc1N1CC(Cl)CC1=O. The van der Waals surface area contributed by atoms with Crippen molar-refractivity contribution in [3.8, 4) is 5.75 Å². The molecule has 1 unspecified atom stereocenters.